The predicted octanol–water partition coefficient (Wildman–Crippen LogP) is 7.48. The summed E-state index contributed by atoms with van der Waals surface area (Å²) in [7, 11) is 1.53. The average Bonchev–Trinajstić information content (AvgIpc) is 3.19. The minimum Gasteiger partial charge on any atom is -0.493 e. The quantitative estimate of drug-likeness (QED) is 0.274. The first-order valence-electron chi connectivity index (χ1n) is 12.2. The van der Waals surface area contributed by atoms with Gasteiger partial charge >= 0.3 is 5.97 Å². The molecular formula is C30H24BrCl2NO5. The molecule has 0 saturated carbocycles. The molecule has 1 atom stereocenters. The number of hydrogen-bond acceptors (Lipinski definition) is 6. The summed E-state index contributed by atoms with van der Waals surface area (Å²) in [6, 6.07) is 16.2. The van der Waals surface area contributed by atoms with Crippen molar-refractivity contribution in [1.29, 1.82) is 0 Å². The molecule has 0 fully saturated rings. The van der Waals surface area contributed by atoms with Gasteiger partial charge in [0.05, 0.1) is 29.5 Å². The molecule has 9 heteroatoms. The van der Waals surface area contributed by atoms with Gasteiger partial charge in [-0.1, -0.05) is 53.5 Å². The van der Waals surface area contributed by atoms with E-state index in [-0.39, 0.29) is 19.0 Å². The van der Waals surface area contributed by atoms with Gasteiger partial charge in [0, 0.05) is 43.9 Å². The Hall–Kier alpha value is -3.26. The van der Waals surface area contributed by atoms with Crippen LogP contribution < -0.4 is 14.8 Å². The number of ether oxygens (including phenoxy) is 3. The van der Waals surface area contributed by atoms with Crippen molar-refractivity contribution in [2.75, 3.05) is 13.7 Å². The number of carbonyl (C=O) groups excluding carboxylic acids is 2. The summed E-state index contributed by atoms with van der Waals surface area (Å²) in [5.74, 6) is -0.440. The van der Waals surface area contributed by atoms with E-state index in [1.54, 1.807) is 37.3 Å². The molecule has 0 spiro atoms. The second-order valence-corrected chi connectivity index (χ2v) is 10.7. The zero-order chi connectivity index (χ0) is 27.8. The Kier molecular flexibility index (Phi) is 7.76. The van der Waals surface area contributed by atoms with Crippen molar-refractivity contribution in [2.24, 2.45) is 0 Å². The first-order valence-corrected chi connectivity index (χ1v) is 13.8. The number of halogens is 3. The number of nitrogens with one attached hydrogen (secondary N) is 1. The van der Waals surface area contributed by atoms with Gasteiger partial charge in [-0.3, -0.25) is 4.79 Å². The van der Waals surface area contributed by atoms with Gasteiger partial charge in [0.2, 0.25) is 0 Å². The smallest absolute Gasteiger partial charge is 0.336 e. The summed E-state index contributed by atoms with van der Waals surface area (Å²) < 4.78 is 17.8. The molecule has 5 rings (SSSR count). The van der Waals surface area contributed by atoms with Crippen LogP contribution in [0.4, 0.5) is 0 Å². The summed E-state index contributed by atoms with van der Waals surface area (Å²) >= 11 is 16.0. The van der Waals surface area contributed by atoms with Gasteiger partial charge < -0.3 is 19.5 Å². The molecule has 2 aliphatic rings. The first-order chi connectivity index (χ1) is 18.7. The van der Waals surface area contributed by atoms with E-state index in [0.717, 1.165) is 11.1 Å². The number of hydrogen-bond donors (Lipinski definition) is 1. The van der Waals surface area contributed by atoms with Crippen LogP contribution in [0.1, 0.15) is 46.8 Å². The Bertz CT molecular complexity index is 1580. The highest BCUT2D eigenvalue weighted by atomic mass is 79.9. The van der Waals surface area contributed by atoms with Crippen LogP contribution in [0.25, 0.3) is 5.70 Å². The van der Waals surface area contributed by atoms with Crippen molar-refractivity contribution < 1.29 is 23.8 Å². The molecule has 0 saturated heterocycles. The van der Waals surface area contributed by atoms with E-state index in [9.17, 15) is 9.59 Å². The number of fused-ring (bicyclic) bond motifs is 2. The highest BCUT2D eigenvalue weighted by molar-refractivity contribution is 9.10. The lowest BCUT2D eigenvalue weighted by Gasteiger charge is -2.30. The third kappa shape index (κ3) is 4.95. The minimum atomic E-state index is -0.690. The number of ketones is 1. The molecule has 6 nitrogen and oxygen atoms in total. The number of esters is 1. The topological polar surface area (TPSA) is 73.9 Å². The lowest BCUT2D eigenvalue weighted by atomic mass is 9.79. The summed E-state index contributed by atoms with van der Waals surface area (Å²) in [5, 5.41) is 4.33. The van der Waals surface area contributed by atoms with Crippen molar-refractivity contribution in [2.45, 2.75) is 26.4 Å². The Balaban J connectivity index is 1.60. The van der Waals surface area contributed by atoms with Crippen molar-refractivity contribution in [3.8, 4) is 11.5 Å². The molecule has 0 unspecified atom stereocenters. The summed E-state index contributed by atoms with van der Waals surface area (Å²) in [5.41, 5.74) is 4.98. The lowest BCUT2D eigenvalue weighted by molar-refractivity contribution is -0.138. The fourth-order valence-corrected chi connectivity index (χ4v) is 6.01. The zero-order valence-corrected chi connectivity index (χ0v) is 24.5. The van der Waals surface area contributed by atoms with E-state index in [2.05, 4.69) is 21.2 Å². The fraction of sp³-hybridized carbons (Fsp3) is 0.200. The molecule has 1 N–H and O–H groups in total. The van der Waals surface area contributed by atoms with Crippen molar-refractivity contribution >= 4 is 56.6 Å². The predicted molar refractivity (Wildman–Crippen MR) is 154 cm³/mol. The largest absolute Gasteiger partial charge is 0.493 e. The molecule has 39 heavy (non-hydrogen) atoms. The SMILES string of the molecule is CCOC(=O)C1=C(C)NC2=C(C(=O)c3ccccc32)[C@@H]1c1cc(Br)c(OCc2ccc(Cl)cc2Cl)c(OC)c1. The molecule has 0 aromatic heterocycles. The molecule has 1 aliphatic carbocycles. The van der Waals surface area contributed by atoms with Crippen LogP contribution in [-0.2, 0) is 16.1 Å². The molecule has 1 aliphatic heterocycles. The van der Waals surface area contributed by atoms with Gasteiger partial charge in [-0.05, 0) is 59.6 Å². The van der Waals surface area contributed by atoms with E-state index < -0.39 is 11.9 Å². The molecule has 0 amide bonds. The first kappa shape index (κ1) is 27.3. The third-order valence-electron chi connectivity index (χ3n) is 6.72. The number of allylic oxidation sites excluding steroid dienone is 2. The van der Waals surface area contributed by atoms with Gasteiger partial charge in [-0.25, -0.2) is 4.79 Å². The summed E-state index contributed by atoms with van der Waals surface area (Å²) in [6.07, 6.45) is 0. The summed E-state index contributed by atoms with van der Waals surface area (Å²) in [6.45, 7) is 3.94. The average molecular weight is 629 g/mol. The standard InChI is InChI=1S/C30H24BrCl2NO5/c1-4-38-30(36)24-15(2)34-27-19-7-5-6-8-20(19)28(35)26(27)25(24)17-11-21(31)29(23(12-17)37-3)39-14-16-9-10-18(32)13-22(16)33/h5-13,25,34H,4,14H2,1-3H3/t25-/m1/s1. The van der Waals surface area contributed by atoms with Crippen LogP contribution in [0.2, 0.25) is 10.0 Å². The van der Waals surface area contributed by atoms with Crippen LogP contribution in [-0.4, -0.2) is 25.5 Å². The van der Waals surface area contributed by atoms with Crippen LogP contribution in [0.15, 0.2) is 75.9 Å². The molecule has 1 heterocycles. The maximum atomic E-state index is 13.7. The number of methoxy groups -OCH3 is 1. The number of benzene rings is 3. The van der Waals surface area contributed by atoms with Crippen molar-refractivity contribution in [3.63, 3.8) is 0 Å². The zero-order valence-electron chi connectivity index (χ0n) is 21.4. The number of dihydropyridines is 1. The van der Waals surface area contributed by atoms with Crippen molar-refractivity contribution in [3.05, 3.63) is 108 Å². The van der Waals surface area contributed by atoms with E-state index in [1.165, 1.54) is 7.11 Å². The van der Waals surface area contributed by atoms with Crippen LogP contribution in [0.3, 0.4) is 0 Å². The van der Waals surface area contributed by atoms with Crippen LogP contribution in [0.5, 0.6) is 11.5 Å². The molecular weight excluding hydrogens is 605 g/mol. The van der Waals surface area contributed by atoms with Gasteiger partial charge in [0.15, 0.2) is 17.3 Å². The van der Waals surface area contributed by atoms with Gasteiger partial charge in [0.1, 0.15) is 6.61 Å². The lowest BCUT2D eigenvalue weighted by Crippen LogP contribution is -2.29. The Morgan fingerprint density at radius 3 is 2.51 bits per heavy atom. The van der Waals surface area contributed by atoms with E-state index in [4.69, 9.17) is 37.4 Å². The summed E-state index contributed by atoms with van der Waals surface area (Å²) in [4.78, 5) is 26.9. The monoisotopic (exact) mass is 627 g/mol. The number of carbonyl (C=O) groups is 2. The maximum absolute atomic E-state index is 13.7. The number of Topliss-reactive ketones (excluding diaryl/α,β-unsaturated/α-hetero) is 1. The van der Waals surface area contributed by atoms with E-state index in [0.29, 0.717) is 59.7 Å². The van der Waals surface area contributed by atoms with Gasteiger partial charge in [-0.2, -0.15) is 0 Å². The molecule has 3 aromatic carbocycles. The third-order valence-corrected chi connectivity index (χ3v) is 7.89. The Morgan fingerprint density at radius 1 is 1.08 bits per heavy atom. The molecule has 3 aromatic rings. The normalized spacial score (nSPS) is 16.1. The van der Waals surface area contributed by atoms with Crippen molar-refractivity contribution in [1.82, 2.24) is 5.32 Å². The highest BCUT2D eigenvalue weighted by Crippen LogP contribution is 2.49. The van der Waals surface area contributed by atoms with Crippen LogP contribution in [0, 0.1) is 0 Å². The highest BCUT2D eigenvalue weighted by Gasteiger charge is 2.43. The second kappa shape index (κ2) is 11.1. The minimum absolute atomic E-state index is 0.139. The number of rotatable bonds is 7. The van der Waals surface area contributed by atoms with Gasteiger partial charge in [0.25, 0.3) is 0 Å². The molecule has 0 radical (unpaired) electrons. The Labute approximate surface area is 244 Å². The van der Waals surface area contributed by atoms with Gasteiger partial charge in [-0.15, -0.1) is 0 Å². The Morgan fingerprint density at radius 2 is 1.82 bits per heavy atom. The van der Waals surface area contributed by atoms with E-state index >= 15 is 0 Å². The van der Waals surface area contributed by atoms with Crippen LogP contribution >= 0.6 is 39.1 Å². The molecule has 200 valence electrons. The molecule has 0 bridgehead atoms. The second-order valence-electron chi connectivity index (χ2n) is 9.04. The fourth-order valence-electron chi connectivity index (χ4n) is 4.98. The van der Waals surface area contributed by atoms with E-state index in [1.807, 2.05) is 31.2 Å². The maximum Gasteiger partial charge on any atom is 0.336 e.